The summed E-state index contributed by atoms with van der Waals surface area (Å²) < 4.78 is 71.1. The third-order valence-corrected chi connectivity index (χ3v) is 6.85. The first kappa shape index (κ1) is 25.8. The normalized spacial score (nSPS) is 15.4. The van der Waals surface area contributed by atoms with Crippen LogP contribution in [0.1, 0.15) is 16.7 Å². The zero-order valence-corrected chi connectivity index (χ0v) is 18.9. The summed E-state index contributed by atoms with van der Waals surface area (Å²) in [5.74, 6) is 0. The summed E-state index contributed by atoms with van der Waals surface area (Å²) in [6.45, 7) is 10.7. The monoisotopic (exact) mass is 499 g/mol. The largest absolute Gasteiger partial charge is 0.417 e. The molecule has 8 nitrogen and oxygen atoms in total. The predicted octanol–water partition coefficient (Wildman–Crippen LogP) is 2.67. The van der Waals surface area contributed by atoms with E-state index in [0.29, 0.717) is 31.5 Å². The average molecular weight is 500 g/mol. The number of hydrazone groups is 1. The lowest BCUT2D eigenvalue weighted by Crippen LogP contribution is -2.35. The number of hydrogen-bond donors (Lipinski definition) is 2. The fourth-order valence-electron chi connectivity index (χ4n) is 3.60. The van der Waals surface area contributed by atoms with E-state index in [1.807, 2.05) is 0 Å². The van der Waals surface area contributed by atoms with Crippen LogP contribution in [0, 0.1) is 0 Å². The van der Waals surface area contributed by atoms with Gasteiger partial charge in [0, 0.05) is 31.9 Å². The average Bonchev–Trinajstić information content (AvgIpc) is 2.80. The Kier molecular flexibility index (Phi) is 7.78. The fourth-order valence-corrected chi connectivity index (χ4v) is 4.79. The van der Waals surface area contributed by atoms with E-state index in [2.05, 4.69) is 23.3 Å². The number of rotatable bonds is 8. The minimum atomic E-state index is -5.19. The standard InChI is InChI=1S/C22H24F3N3O5S/c1-15(18-4-3-5-19(22(23,24)25)20(18)34(31,32)21(29)30)28(26-2)17-8-6-16(7-9-17)14-27-10-12-33-13-11-27/h3-9,21,29-30H,1-2,10-14H2. The molecule has 0 amide bonds. The van der Waals surface area contributed by atoms with E-state index in [-0.39, 0.29) is 5.70 Å². The smallest absolute Gasteiger partial charge is 0.379 e. The number of benzene rings is 2. The van der Waals surface area contributed by atoms with Crippen molar-refractivity contribution in [3.63, 3.8) is 0 Å². The zero-order valence-electron chi connectivity index (χ0n) is 18.1. The minimum absolute atomic E-state index is 0.249. The number of morpholine rings is 1. The first-order chi connectivity index (χ1) is 16.0. The third-order valence-electron chi connectivity index (χ3n) is 5.28. The molecule has 0 saturated carbocycles. The highest BCUT2D eigenvalue weighted by molar-refractivity contribution is 7.91. The van der Waals surface area contributed by atoms with Crippen LogP contribution in [0.5, 0.6) is 0 Å². The first-order valence-electron chi connectivity index (χ1n) is 10.1. The van der Waals surface area contributed by atoms with Gasteiger partial charge in [-0.2, -0.15) is 18.3 Å². The number of halogens is 3. The first-order valence-corrected chi connectivity index (χ1v) is 11.7. The van der Waals surface area contributed by atoms with Crippen LogP contribution >= 0.6 is 0 Å². The van der Waals surface area contributed by atoms with Gasteiger partial charge in [-0.15, -0.1) is 0 Å². The molecule has 184 valence electrons. The summed E-state index contributed by atoms with van der Waals surface area (Å²) in [5, 5.41) is 23.5. The summed E-state index contributed by atoms with van der Waals surface area (Å²) in [6.07, 6.45) is -5.08. The molecule has 0 aromatic heterocycles. The van der Waals surface area contributed by atoms with E-state index in [1.165, 1.54) is 0 Å². The van der Waals surface area contributed by atoms with Crippen molar-refractivity contribution < 1.29 is 36.5 Å². The maximum Gasteiger partial charge on any atom is 0.417 e. The van der Waals surface area contributed by atoms with Gasteiger partial charge in [0.2, 0.25) is 9.84 Å². The van der Waals surface area contributed by atoms with Crippen molar-refractivity contribution in [1.29, 1.82) is 0 Å². The van der Waals surface area contributed by atoms with Crippen molar-refractivity contribution in [1.82, 2.24) is 4.90 Å². The Labute approximate surface area is 195 Å². The van der Waals surface area contributed by atoms with Crippen LogP contribution in [-0.2, 0) is 27.3 Å². The molecule has 0 unspecified atom stereocenters. The van der Waals surface area contributed by atoms with E-state index in [4.69, 9.17) is 4.74 Å². The van der Waals surface area contributed by atoms with Crippen LogP contribution in [0.25, 0.3) is 5.70 Å². The van der Waals surface area contributed by atoms with Crippen molar-refractivity contribution in [2.45, 2.75) is 23.2 Å². The molecule has 1 heterocycles. The highest BCUT2D eigenvalue weighted by atomic mass is 32.2. The second kappa shape index (κ2) is 10.2. The van der Waals surface area contributed by atoms with Gasteiger partial charge in [0.1, 0.15) is 0 Å². The number of nitrogens with zero attached hydrogens (tertiary/aromatic N) is 3. The van der Waals surface area contributed by atoms with Crippen LogP contribution in [0.4, 0.5) is 18.9 Å². The van der Waals surface area contributed by atoms with Gasteiger partial charge >= 0.3 is 6.18 Å². The maximum absolute atomic E-state index is 13.6. The zero-order chi connectivity index (χ0) is 25.1. The molecule has 12 heteroatoms. The van der Waals surface area contributed by atoms with Crippen LogP contribution in [0.3, 0.4) is 0 Å². The SMILES string of the molecule is C=NN(C(=C)c1cccc(C(F)(F)F)c1S(=O)(=O)C(O)O)c1ccc(CN2CCOCC2)cc1. The molecule has 34 heavy (non-hydrogen) atoms. The van der Waals surface area contributed by atoms with Crippen molar-refractivity contribution in [2.75, 3.05) is 31.3 Å². The Bertz CT molecular complexity index is 1150. The van der Waals surface area contributed by atoms with E-state index in [1.54, 1.807) is 24.3 Å². The van der Waals surface area contributed by atoms with Gasteiger partial charge in [-0.1, -0.05) is 30.8 Å². The number of aliphatic hydroxyl groups is 2. The molecule has 1 aliphatic rings. The maximum atomic E-state index is 13.6. The van der Waals surface area contributed by atoms with Crippen molar-refractivity contribution in [2.24, 2.45) is 5.10 Å². The summed E-state index contributed by atoms with van der Waals surface area (Å²) in [4.78, 5) is 0.904. The molecule has 0 atom stereocenters. The molecule has 1 aliphatic heterocycles. The second-order valence-electron chi connectivity index (χ2n) is 7.51. The molecule has 0 spiro atoms. The van der Waals surface area contributed by atoms with Gasteiger partial charge in [-0.25, -0.2) is 13.4 Å². The Hall–Kier alpha value is -2.77. The topological polar surface area (TPSA) is 103 Å². The molecule has 0 bridgehead atoms. The van der Waals surface area contributed by atoms with E-state index in [0.717, 1.165) is 35.8 Å². The Morgan fingerprint density at radius 3 is 2.29 bits per heavy atom. The quantitative estimate of drug-likeness (QED) is 0.327. The molecule has 1 saturated heterocycles. The lowest BCUT2D eigenvalue weighted by atomic mass is 10.1. The molecule has 2 aromatic rings. The third kappa shape index (κ3) is 5.47. The molecule has 3 rings (SSSR count). The number of anilines is 1. The number of hydrogen-bond acceptors (Lipinski definition) is 8. The van der Waals surface area contributed by atoms with Crippen LogP contribution < -0.4 is 5.01 Å². The predicted molar refractivity (Wildman–Crippen MR) is 120 cm³/mol. The molecule has 0 aliphatic carbocycles. The van der Waals surface area contributed by atoms with Crippen LogP contribution in [0.15, 0.2) is 59.0 Å². The van der Waals surface area contributed by atoms with Crippen molar-refractivity contribution >= 4 is 27.9 Å². The Balaban J connectivity index is 1.98. The summed E-state index contributed by atoms with van der Waals surface area (Å²) in [7, 11) is -5.19. The van der Waals surface area contributed by atoms with Crippen molar-refractivity contribution in [3.8, 4) is 0 Å². The molecule has 0 radical (unpaired) electrons. The van der Waals surface area contributed by atoms with Crippen molar-refractivity contribution in [3.05, 3.63) is 65.7 Å². The van der Waals surface area contributed by atoms with Crippen LogP contribution in [-0.4, -0.2) is 62.2 Å². The second-order valence-corrected chi connectivity index (χ2v) is 9.43. The molecular weight excluding hydrogens is 475 g/mol. The summed E-state index contributed by atoms with van der Waals surface area (Å²) in [5.41, 5.74) is -4.01. The molecule has 2 N–H and O–H groups in total. The highest BCUT2D eigenvalue weighted by Crippen LogP contribution is 2.40. The Morgan fingerprint density at radius 2 is 1.76 bits per heavy atom. The molecular formula is C22H24F3N3O5S. The van der Waals surface area contributed by atoms with Crippen LogP contribution in [0.2, 0.25) is 0 Å². The lowest BCUT2D eigenvalue weighted by Gasteiger charge is -2.27. The summed E-state index contributed by atoms with van der Waals surface area (Å²) in [6, 6.07) is 9.53. The summed E-state index contributed by atoms with van der Waals surface area (Å²) >= 11 is 0. The molecule has 1 fully saturated rings. The van der Waals surface area contributed by atoms with Gasteiger partial charge in [-0.05, 0) is 23.8 Å². The number of sulfone groups is 1. The van der Waals surface area contributed by atoms with E-state index < -0.39 is 37.7 Å². The van der Waals surface area contributed by atoms with Gasteiger partial charge in [0.05, 0.1) is 35.1 Å². The lowest BCUT2D eigenvalue weighted by molar-refractivity contribution is -0.140. The van der Waals surface area contributed by atoms with Gasteiger partial charge in [0.25, 0.3) is 5.62 Å². The fraction of sp³-hybridized carbons (Fsp3) is 0.318. The number of alkyl halides is 3. The highest BCUT2D eigenvalue weighted by Gasteiger charge is 2.41. The van der Waals surface area contributed by atoms with Gasteiger partial charge in [0.15, 0.2) is 0 Å². The molecule has 2 aromatic carbocycles. The van der Waals surface area contributed by atoms with E-state index in [9.17, 15) is 31.8 Å². The van der Waals surface area contributed by atoms with Gasteiger partial charge in [-0.3, -0.25) is 4.90 Å². The van der Waals surface area contributed by atoms with Gasteiger partial charge < -0.3 is 14.9 Å². The number of aliphatic hydroxyl groups excluding tert-OH is 1. The Morgan fingerprint density at radius 1 is 1.15 bits per heavy atom. The van der Waals surface area contributed by atoms with E-state index >= 15 is 0 Å². The number of ether oxygens (including phenoxy) is 1. The minimum Gasteiger partial charge on any atom is -0.379 e.